The van der Waals surface area contributed by atoms with Crippen LogP contribution in [0.3, 0.4) is 0 Å². The SMILES string of the molecule is Nc1nc(COc2ccc(Br)cc2)nc2sccc12. The van der Waals surface area contributed by atoms with Crippen molar-refractivity contribution in [3.63, 3.8) is 0 Å². The second kappa shape index (κ2) is 5.14. The first-order valence-corrected chi connectivity index (χ1v) is 7.27. The Bertz CT molecular complexity index is 711. The molecule has 0 aliphatic carbocycles. The van der Waals surface area contributed by atoms with Crippen LogP contribution in [0.1, 0.15) is 5.82 Å². The van der Waals surface area contributed by atoms with Crippen LogP contribution in [0.15, 0.2) is 40.2 Å². The molecule has 0 saturated heterocycles. The number of nitrogens with zero attached hydrogens (tertiary/aromatic N) is 2. The Kier molecular flexibility index (Phi) is 3.35. The van der Waals surface area contributed by atoms with Crippen LogP contribution in [-0.2, 0) is 6.61 Å². The van der Waals surface area contributed by atoms with E-state index in [1.807, 2.05) is 35.7 Å². The van der Waals surface area contributed by atoms with Crippen LogP contribution in [0.5, 0.6) is 5.75 Å². The first-order valence-electron chi connectivity index (χ1n) is 5.60. The number of ether oxygens (including phenoxy) is 1. The molecule has 2 heterocycles. The van der Waals surface area contributed by atoms with E-state index >= 15 is 0 Å². The number of aromatic nitrogens is 2. The topological polar surface area (TPSA) is 61.0 Å². The van der Waals surface area contributed by atoms with Gasteiger partial charge in [0.2, 0.25) is 0 Å². The third kappa shape index (κ3) is 2.69. The minimum atomic E-state index is 0.305. The largest absolute Gasteiger partial charge is 0.486 e. The molecule has 0 spiro atoms. The summed E-state index contributed by atoms with van der Waals surface area (Å²) in [5.41, 5.74) is 5.88. The summed E-state index contributed by atoms with van der Waals surface area (Å²) >= 11 is 4.92. The van der Waals surface area contributed by atoms with Crippen molar-refractivity contribution in [1.29, 1.82) is 0 Å². The van der Waals surface area contributed by atoms with E-state index in [9.17, 15) is 0 Å². The second-order valence-electron chi connectivity index (χ2n) is 3.91. The highest BCUT2D eigenvalue weighted by Gasteiger charge is 2.06. The van der Waals surface area contributed by atoms with Gasteiger partial charge in [0.15, 0.2) is 5.82 Å². The smallest absolute Gasteiger partial charge is 0.169 e. The van der Waals surface area contributed by atoms with Gasteiger partial charge in [-0.3, -0.25) is 0 Å². The molecular weight excluding hydrogens is 326 g/mol. The molecule has 3 rings (SSSR count). The van der Waals surface area contributed by atoms with Crippen molar-refractivity contribution in [2.75, 3.05) is 5.73 Å². The van der Waals surface area contributed by atoms with E-state index in [1.165, 1.54) is 0 Å². The number of hydrogen-bond donors (Lipinski definition) is 1. The number of benzene rings is 1. The maximum atomic E-state index is 5.88. The van der Waals surface area contributed by atoms with E-state index in [4.69, 9.17) is 10.5 Å². The normalized spacial score (nSPS) is 10.8. The Balaban J connectivity index is 1.79. The van der Waals surface area contributed by atoms with Gasteiger partial charge in [-0.2, -0.15) is 0 Å². The summed E-state index contributed by atoms with van der Waals surface area (Å²) in [6.45, 7) is 0.305. The van der Waals surface area contributed by atoms with Crippen LogP contribution < -0.4 is 10.5 Å². The molecule has 0 amide bonds. The molecule has 2 N–H and O–H groups in total. The molecule has 4 nitrogen and oxygen atoms in total. The van der Waals surface area contributed by atoms with Crippen LogP contribution in [0.25, 0.3) is 10.2 Å². The summed E-state index contributed by atoms with van der Waals surface area (Å²) < 4.78 is 6.64. The maximum Gasteiger partial charge on any atom is 0.169 e. The Morgan fingerprint density at radius 1 is 1.16 bits per heavy atom. The first kappa shape index (κ1) is 12.4. The van der Waals surface area contributed by atoms with Crippen LogP contribution in [0.2, 0.25) is 0 Å². The lowest BCUT2D eigenvalue weighted by atomic mass is 10.3. The van der Waals surface area contributed by atoms with Crippen molar-refractivity contribution in [2.45, 2.75) is 6.61 Å². The fraction of sp³-hybridized carbons (Fsp3) is 0.0769. The molecule has 2 aromatic heterocycles. The molecule has 3 aromatic rings. The third-order valence-corrected chi connectivity index (χ3v) is 3.92. The van der Waals surface area contributed by atoms with E-state index in [1.54, 1.807) is 11.3 Å². The Morgan fingerprint density at radius 2 is 1.95 bits per heavy atom. The van der Waals surface area contributed by atoms with Crippen LogP contribution >= 0.6 is 27.3 Å². The number of rotatable bonds is 3. The number of nitrogen functional groups attached to an aromatic ring is 1. The molecule has 19 heavy (non-hydrogen) atoms. The van der Waals surface area contributed by atoms with E-state index in [-0.39, 0.29) is 0 Å². The van der Waals surface area contributed by atoms with Gasteiger partial charge in [-0.1, -0.05) is 15.9 Å². The van der Waals surface area contributed by atoms with Gasteiger partial charge in [0.25, 0.3) is 0 Å². The summed E-state index contributed by atoms with van der Waals surface area (Å²) in [6, 6.07) is 9.54. The quantitative estimate of drug-likeness (QED) is 0.794. The van der Waals surface area contributed by atoms with Crippen molar-refractivity contribution < 1.29 is 4.74 Å². The maximum absolute atomic E-state index is 5.88. The average Bonchev–Trinajstić information content (AvgIpc) is 2.87. The molecule has 96 valence electrons. The van der Waals surface area contributed by atoms with Crippen molar-refractivity contribution in [1.82, 2.24) is 9.97 Å². The van der Waals surface area contributed by atoms with Crippen molar-refractivity contribution in [3.8, 4) is 5.75 Å². The first-order chi connectivity index (χ1) is 9.22. The summed E-state index contributed by atoms with van der Waals surface area (Å²) in [4.78, 5) is 9.56. The van der Waals surface area contributed by atoms with Gasteiger partial charge in [-0.05, 0) is 35.7 Å². The lowest BCUT2D eigenvalue weighted by molar-refractivity contribution is 0.296. The lowest BCUT2D eigenvalue weighted by Crippen LogP contribution is -2.04. The third-order valence-electron chi connectivity index (χ3n) is 2.58. The monoisotopic (exact) mass is 335 g/mol. The Hall–Kier alpha value is -1.66. The molecule has 1 aromatic carbocycles. The van der Waals surface area contributed by atoms with Gasteiger partial charge in [0, 0.05) is 4.47 Å². The van der Waals surface area contributed by atoms with Crippen molar-refractivity contribution in [3.05, 3.63) is 46.0 Å². The molecule has 0 fully saturated rings. The molecule has 0 radical (unpaired) electrons. The zero-order chi connectivity index (χ0) is 13.2. The van der Waals surface area contributed by atoms with Crippen molar-refractivity contribution >= 4 is 43.3 Å². The van der Waals surface area contributed by atoms with Gasteiger partial charge in [-0.15, -0.1) is 11.3 Å². The summed E-state index contributed by atoms with van der Waals surface area (Å²) in [5.74, 6) is 1.87. The Morgan fingerprint density at radius 3 is 2.74 bits per heavy atom. The zero-order valence-electron chi connectivity index (χ0n) is 9.84. The number of hydrogen-bond acceptors (Lipinski definition) is 5. The van der Waals surface area contributed by atoms with Crippen molar-refractivity contribution in [2.24, 2.45) is 0 Å². The number of thiophene rings is 1. The molecule has 0 unspecified atom stereocenters. The predicted octanol–water partition coefficient (Wildman–Crippen LogP) is 3.62. The lowest BCUT2D eigenvalue weighted by Gasteiger charge is -2.06. The number of nitrogens with two attached hydrogens (primary N) is 1. The molecule has 0 bridgehead atoms. The van der Waals surface area contributed by atoms with Crippen LogP contribution in [-0.4, -0.2) is 9.97 Å². The molecule has 0 aliphatic heterocycles. The molecule has 0 saturated carbocycles. The fourth-order valence-corrected chi connectivity index (χ4v) is 2.72. The molecule has 6 heteroatoms. The molecule has 0 aliphatic rings. The van der Waals surface area contributed by atoms with Gasteiger partial charge in [0.1, 0.15) is 23.0 Å². The standard InChI is InChI=1S/C13H10BrN3OS/c14-8-1-3-9(4-2-8)18-7-11-16-12(15)10-5-6-19-13(10)17-11/h1-6H,7H2,(H2,15,16,17). The van der Waals surface area contributed by atoms with E-state index in [0.29, 0.717) is 18.2 Å². The van der Waals surface area contributed by atoms with E-state index < -0.39 is 0 Å². The fourth-order valence-electron chi connectivity index (χ4n) is 1.67. The predicted molar refractivity (Wildman–Crippen MR) is 80.3 cm³/mol. The highest BCUT2D eigenvalue weighted by atomic mass is 79.9. The summed E-state index contributed by atoms with van der Waals surface area (Å²) in [6.07, 6.45) is 0. The highest BCUT2D eigenvalue weighted by Crippen LogP contribution is 2.23. The van der Waals surface area contributed by atoms with Gasteiger partial charge >= 0.3 is 0 Å². The second-order valence-corrected chi connectivity index (χ2v) is 5.72. The minimum absolute atomic E-state index is 0.305. The van der Waals surface area contributed by atoms with Gasteiger partial charge in [0.05, 0.1) is 5.39 Å². The van der Waals surface area contributed by atoms with Gasteiger partial charge in [-0.25, -0.2) is 9.97 Å². The summed E-state index contributed by atoms with van der Waals surface area (Å²) in [5, 5.41) is 2.85. The van der Waals surface area contributed by atoms with Crippen LogP contribution in [0, 0.1) is 0 Å². The average molecular weight is 336 g/mol. The van der Waals surface area contributed by atoms with Gasteiger partial charge < -0.3 is 10.5 Å². The summed E-state index contributed by atoms with van der Waals surface area (Å²) in [7, 11) is 0. The number of fused-ring (bicyclic) bond motifs is 1. The number of anilines is 1. The van der Waals surface area contributed by atoms with E-state index in [2.05, 4.69) is 25.9 Å². The number of halogens is 1. The highest BCUT2D eigenvalue weighted by molar-refractivity contribution is 9.10. The molecule has 0 atom stereocenters. The van der Waals surface area contributed by atoms with Crippen LogP contribution in [0.4, 0.5) is 5.82 Å². The minimum Gasteiger partial charge on any atom is -0.486 e. The van der Waals surface area contributed by atoms with E-state index in [0.717, 1.165) is 20.4 Å². The zero-order valence-corrected chi connectivity index (χ0v) is 12.2. The Labute approximate surface area is 122 Å². The molecular formula is C13H10BrN3OS.